The van der Waals surface area contributed by atoms with Gasteiger partial charge in [-0.1, -0.05) is 30.3 Å². The molecule has 0 unspecified atom stereocenters. The molecule has 0 aromatic heterocycles. The number of hydrogen-bond donors (Lipinski definition) is 1. The van der Waals surface area contributed by atoms with Crippen molar-refractivity contribution in [2.45, 2.75) is 31.8 Å². The molecule has 198 valence electrons. The minimum absolute atomic E-state index is 0.0886. The van der Waals surface area contributed by atoms with E-state index in [0.29, 0.717) is 24.6 Å². The van der Waals surface area contributed by atoms with Crippen LogP contribution in [0.25, 0.3) is 17.2 Å². The molecule has 6 heteroatoms. The fourth-order valence-electron chi connectivity index (χ4n) is 5.08. The summed E-state index contributed by atoms with van der Waals surface area (Å²) in [6, 6.07) is 23.4. The zero-order chi connectivity index (χ0) is 26.5. The quantitative estimate of drug-likeness (QED) is 0.432. The molecule has 3 aromatic rings. The first kappa shape index (κ1) is 26.0. The third-order valence-corrected chi connectivity index (χ3v) is 7.44. The smallest absolute Gasteiger partial charge is 0.251 e. The maximum atomic E-state index is 13.2. The number of benzene rings is 3. The van der Waals surface area contributed by atoms with Crippen LogP contribution in [0.3, 0.4) is 0 Å². The maximum absolute atomic E-state index is 13.2. The number of carbonyl (C=O) groups excluding carboxylic acids is 1. The summed E-state index contributed by atoms with van der Waals surface area (Å²) >= 11 is 0. The van der Waals surface area contributed by atoms with Crippen molar-refractivity contribution in [3.63, 3.8) is 0 Å². The topological polar surface area (TPSA) is 54.0 Å². The van der Waals surface area contributed by atoms with Crippen molar-refractivity contribution in [3.05, 3.63) is 83.4 Å². The summed E-state index contributed by atoms with van der Waals surface area (Å²) in [5.41, 5.74) is 7.06. The standard InChI is InChI=1S/C32H37N3O3/c1-34(2)29-11-6-24(7-12-29)25-8-13-31-27(20-25)21-26(14-19-38-31)32(36)33-28-9-4-23(5-10-28)22-35(3)30-15-17-37-18-16-30/h4-13,20-21,30H,14-19,22H2,1-3H3,(H,33,36). The van der Waals surface area contributed by atoms with Crippen molar-refractivity contribution in [2.24, 2.45) is 0 Å². The van der Waals surface area contributed by atoms with Gasteiger partial charge in [0.2, 0.25) is 0 Å². The van der Waals surface area contributed by atoms with Crippen LogP contribution in [0.15, 0.2) is 72.3 Å². The van der Waals surface area contributed by atoms with Crippen LogP contribution in [0.1, 0.15) is 30.4 Å². The number of nitrogens with zero attached hydrogens (tertiary/aromatic N) is 2. The molecule has 38 heavy (non-hydrogen) atoms. The molecule has 1 amide bonds. The summed E-state index contributed by atoms with van der Waals surface area (Å²) in [7, 11) is 6.25. The molecule has 5 rings (SSSR count). The molecular weight excluding hydrogens is 474 g/mol. The highest BCUT2D eigenvalue weighted by Gasteiger charge is 2.19. The van der Waals surface area contributed by atoms with Crippen LogP contribution in [-0.4, -0.2) is 57.8 Å². The molecule has 0 saturated carbocycles. The van der Waals surface area contributed by atoms with E-state index in [9.17, 15) is 4.79 Å². The van der Waals surface area contributed by atoms with Gasteiger partial charge < -0.3 is 19.7 Å². The van der Waals surface area contributed by atoms with Gasteiger partial charge in [-0.05, 0) is 79.1 Å². The molecule has 1 fully saturated rings. The Hall–Kier alpha value is -3.61. The molecule has 1 N–H and O–H groups in total. The lowest BCUT2D eigenvalue weighted by Crippen LogP contribution is -2.36. The van der Waals surface area contributed by atoms with E-state index in [1.807, 2.05) is 38.4 Å². The molecule has 1 saturated heterocycles. The molecule has 0 spiro atoms. The van der Waals surface area contributed by atoms with Crippen molar-refractivity contribution < 1.29 is 14.3 Å². The number of ether oxygens (including phenoxy) is 2. The molecule has 0 bridgehead atoms. The summed E-state index contributed by atoms with van der Waals surface area (Å²) in [6.07, 6.45) is 4.68. The lowest BCUT2D eigenvalue weighted by atomic mass is 10.0. The van der Waals surface area contributed by atoms with Crippen molar-refractivity contribution in [3.8, 4) is 16.9 Å². The van der Waals surface area contributed by atoms with Crippen LogP contribution in [0, 0.1) is 0 Å². The summed E-state index contributed by atoms with van der Waals surface area (Å²) in [5, 5.41) is 3.08. The fourth-order valence-corrected chi connectivity index (χ4v) is 5.08. The summed E-state index contributed by atoms with van der Waals surface area (Å²) < 4.78 is 11.5. The van der Waals surface area contributed by atoms with E-state index >= 15 is 0 Å². The monoisotopic (exact) mass is 511 g/mol. The van der Waals surface area contributed by atoms with Crippen LogP contribution in [-0.2, 0) is 16.1 Å². The Morgan fingerprint density at radius 3 is 2.32 bits per heavy atom. The fraction of sp³-hybridized carbons (Fsp3) is 0.344. The van der Waals surface area contributed by atoms with Gasteiger partial charge >= 0.3 is 0 Å². The van der Waals surface area contributed by atoms with E-state index < -0.39 is 0 Å². The largest absolute Gasteiger partial charge is 0.493 e. The molecule has 0 radical (unpaired) electrons. The number of rotatable bonds is 7. The van der Waals surface area contributed by atoms with Crippen LogP contribution < -0.4 is 15.0 Å². The van der Waals surface area contributed by atoms with Crippen molar-refractivity contribution in [1.29, 1.82) is 0 Å². The average Bonchev–Trinajstić information content (AvgIpc) is 3.17. The molecule has 0 atom stereocenters. The number of hydrogen-bond acceptors (Lipinski definition) is 5. The van der Waals surface area contributed by atoms with Gasteiger partial charge in [-0.25, -0.2) is 0 Å². The summed E-state index contributed by atoms with van der Waals surface area (Å²) in [6.45, 7) is 3.05. The van der Waals surface area contributed by atoms with E-state index in [4.69, 9.17) is 9.47 Å². The second-order valence-electron chi connectivity index (χ2n) is 10.4. The van der Waals surface area contributed by atoms with Gasteiger partial charge in [0.1, 0.15) is 5.75 Å². The Kier molecular flexibility index (Phi) is 8.11. The number of nitrogens with one attached hydrogen (secondary N) is 1. The molecular formula is C32H37N3O3. The third-order valence-electron chi connectivity index (χ3n) is 7.44. The second-order valence-corrected chi connectivity index (χ2v) is 10.4. The van der Waals surface area contributed by atoms with Gasteiger partial charge in [-0.3, -0.25) is 9.69 Å². The van der Waals surface area contributed by atoms with E-state index in [1.54, 1.807) is 0 Å². The van der Waals surface area contributed by atoms with Crippen LogP contribution in [0.2, 0.25) is 0 Å². The van der Waals surface area contributed by atoms with E-state index in [1.165, 1.54) is 5.56 Å². The highest BCUT2D eigenvalue weighted by Crippen LogP contribution is 2.32. The number of anilines is 2. The van der Waals surface area contributed by atoms with Gasteiger partial charge in [0.25, 0.3) is 5.91 Å². The zero-order valence-corrected chi connectivity index (χ0v) is 22.6. The van der Waals surface area contributed by atoms with Crippen LogP contribution in [0.4, 0.5) is 11.4 Å². The first-order valence-corrected chi connectivity index (χ1v) is 13.4. The summed E-state index contributed by atoms with van der Waals surface area (Å²) in [5.74, 6) is 0.716. The van der Waals surface area contributed by atoms with Gasteiger partial charge in [0, 0.05) is 68.8 Å². The Labute approximate surface area is 225 Å². The third kappa shape index (κ3) is 6.26. The van der Waals surface area contributed by atoms with E-state index in [2.05, 4.69) is 70.7 Å². The highest BCUT2D eigenvalue weighted by molar-refractivity contribution is 6.07. The Bertz CT molecular complexity index is 1280. The second kappa shape index (κ2) is 11.8. The Morgan fingerprint density at radius 2 is 1.61 bits per heavy atom. The highest BCUT2D eigenvalue weighted by atomic mass is 16.5. The Morgan fingerprint density at radius 1 is 0.895 bits per heavy atom. The minimum Gasteiger partial charge on any atom is -0.493 e. The summed E-state index contributed by atoms with van der Waals surface area (Å²) in [4.78, 5) is 17.7. The van der Waals surface area contributed by atoms with Crippen molar-refractivity contribution in [1.82, 2.24) is 4.90 Å². The molecule has 2 heterocycles. The van der Waals surface area contributed by atoms with Crippen LogP contribution in [0.5, 0.6) is 5.75 Å². The minimum atomic E-state index is -0.0886. The van der Waals surface area contributed by atoms with Gasteiger partial charge in [0.15, 0.2) is 0 Å². The van der Waals surface area contributed by atoms with Gasteiger partial charge in [-0.15, -0.1) is 0 Å². The first-order chi connectivity index (χ1) is 18.5. The molecule has 2 aliphatic rings. The van der Waals surface area contributed by atoms with Crippen LogP contribution >= 0.6 is 0 Å². The maximum Gasteiger partial charge on any atom is 0.251 e. The lowest BCUT2D eigenvalue weighted by molar-refractivity contribution is -0.113. The van der Waals surface area contributed by atoms with E-state index in [0.717, 1.165) is 66.4 Å². The normalized spacial score (nSPS) is 15.7. The molecule has 3 aromatic carbocycles. The van der Waals surface area contributed by atoms with Crippen molar-refractivity contribution in [2.75, 3.05) is 51.2 Å². The first-order valence-electron chi connectivity index (χ1n) is 13.4. The molecule has 0 aliphatic carbocycles. The van der Waals surface area contributed by atoms with Gasteiger partial charge in [-0.2, -0.15) is 0 Å². The molecule has 6 nitrogen and oxygen atoms in total. The lowest BCUT2D eigenvalue weighted by Gasteiger charge is -2.31. The predicted molar refractivity (Wildman–Crippen MR) is 155 cm³/mol. The number of carbonyl (C=O) groups is 1. The number of amides is 1. The van der Waals surface area contributed by atoms with Gasteiger partial charge in [0.05, 0.1) is 6.61 Å². The Balaban J connectivity index is 1.26. The average molecular weight is 512 g/mol. The zero-order valence-electron chi connectivity index (χ0n) is 22.6. The molecule has 2 aliphatic heterocycles. The SMILES string of the molecule is CN(C)c1ccc(-c2ccc3c(c2)C=C(C(=O)Nc2ccc(CN(C)C4CCOCC4)cc2)CCO3)cc1. The predicted octanol–water partition coefficient (Wildman–Crippen LogP) is 5.84. The van der Waals surface area contributed by atoms with Crippen molar-refractivity contribution >= 4 is 23.4 Å². The van der Waals surface area contributed by atoms with E-state index in [-0.39, 0.29) is 5.91 Å². The number of fused-ring (bicyclic) bond motifs is 1.